The van der Waals surface area contributed by atoms with E-state index in [1.165, 1.54) is 16.7 Å². The summed E-state index contributed by atoms with van der Waals surface area (Å²) in [6.45, 7) is 2.21. The molecule has 7 heteroatoms. The van der Waals surface area contributed by atoms with Crippen LogP contribution in [0, 0.1) is 28.6 Å². The predicted octanol–water partition coefficient (Wildman–Crippen LogP) is 1.10. The van der Waals surface area contributed by atoms with Crippen LogP contribution in [0.4, 0.5) is 0 Å². The van der Waals surface area contributed by atoms with Crippen molar-refractivity contribution in [2.75, 3.05) is 24.6 Å². The first-order chi connectivity index (χ1) is 9.02. The highest BCUT2D eigenvalue weighted by Gasteiger charge is 2.15. The van der Waals surface area contributed by atoms with Gasteiger partial charge in [-0.2, -0.15) is 22.3 Å². The van der Waals surface area contributed by atoms with Crippen molar-refractivity contribution in [3.8, 4) is 12.1 Å². The Morgan fingerprint density at radius 2 is 1.79 bits per heavy atom. The topological polar surface area (TPSA) is 105 Å². The van der Waals surface area contributed by atoms with Crippen molar-refractivity contribution in [3.05, 3.63) is 0 Å². The summed E-state index contributed by atoms with van der Waals surface area (Å²) in [5.41, 5.74) is 0. The zero-order valence-corrected chi connectivity index (χ0v) is 11.7. The molecule has 0 aliphatic carbocycles. The molecule has 0 aliphatic rings. The summed E-state index contributed by atoms with van der Waals surface area (Å²) in [4.78, 5) is 23.9. The molecule has 1 N–H and O–H groups in total. The first kappa shape index (κ1) is 17.3. The van der Waals surface area contributed by atoms with E-state index in [9.17, 15) is 9.59 Å². The van der Waals surface area contributed by atoms with E-state index >= 15 is 0 Å². The van der Waals surface area contributed by atoms with E-state index in [0.717, 1.165) is 0 Å². The van der Waals surface area contributed by atoms with Gasteiger partial charge in [-0.15, -0.1) is 0 Å². The largest absolute Gasteiger partial charge is 0.481 e. The first-order valence-electron chi connectivity index (χ1n) is 5.85. The molecule has 0 spiro atoms. The molecule has 1 atom stereocenters. The SMILES string of the molecule is CC(CSCC(=O)N(CCC#N)CCC#N)C(=O)O. The van der Waals surface area contributed by atoms with Crippen LogP contribution in [0.1, 0.15) is 19.8 Å². The van der Waals surface area contributed by atoms with Crippen LogP contribution >= 0.6 is 11.8 Å². The number of carbonyl (C=O) groups excluding carboxylic acids is 1. The fourth-order valence-corrected chi connectivity index (χ4v) is 2.19. The second-order valence-corrected chi connectivity index (χ2v) is 4.98. The van der Waals surface area contributed by atoms with Crippen molar-refractivity contribution in [3.63, 3.8) is 0 Å². The predicted molar refractivity (Wildman–Crippen MR) is 71.2 cm³/mol. The normalized spacial score (nSPS) is 11.1. The van der Waals surface area contributed by atoms with Gasteiger partial charge in [-0.3, -0.25) is 9.59 Å². The molecule has 0 aliphatic heterocycles. The van der Waals surface area contributed by atoms with E-state index in [2.05, 4.69) is 0 Å². The minimum Gasteiger partial charge on any atom is -0.481 e. The number of hydrogen-bond donors (Lipinski definition) is 1. The zero-order chi connectivity index (χ0) is 14.7. The number of aliphatic carboxylic acids is 1. The number of carbonyl (C=O) groups is 2. The van der Waals surface area contributed by atoms with Gasteiger partial charge in [-0.25, -0.2) is 0 Å². The lowest BCUT2D eigenvalue weighted by Gasteiger charge is -2.20. The molecule has 1 unspecified atom stereocenters. The van der Waals surface area contributed by atoms with Crippen LogP contribution in [0.15, 0.2) is 0 Å². The number of nitriles is 2. The average molecular weight is 283 g/mol. The van der Waals surface area contributed by atoms with Gasteiger partial charge in [-0.05, 0) is 0 Å². The van der Waals surface area contributed by atoms with Crippen LogP contribution in [0.3, 0.4) is 0 Å². The minimum atomic E-state index is -0.884. The highest BCUT2D eigenvalue weighted by molar-refractivity contribution is 7.99. The second-order valence-electron chi connectivity index (χ2n) is 3.95. The molecular formula is C12H17N3O3S. The number of carboxylic acids is 1. The number of hydrogen-bond acceptors (Lipinski definition) is 5. The molecule has 0 saturated heterocycles. The molecule has 0 aromatic rings. The quantitative estimate of drug-likeness (QED) is 0.679. The molecule has 0 saturated carbocycles. The molecule has 19 heavy (non-hydrogen) atoms. The van der Waals surface area contributed by atoms with Gasteiger partial charge < -0.3 is 10.0 Å². The maximum atomic E-state index is 11.8. The van der Waals surface area contributed by atoms with Crippen LogP contribution in [-0.4, -0.2) is 46.5 Å². The lowest BCUT2D eigenvalue weighted by molar-refractivity contribution is -0.140. The number of thioether (sulfide) groups is 1. The van der Waals surface area contributed by atoms with E-state index in [1.807, 2.05) is 12.1 Å². The molecule has 6 nitrogen and oxygen atoms in total. The lowest BCUT2D eigenvalue weighted by Crippen LogP contribution is -2.34. The lowest BCUT2D eigenvalue weighted by atomic mass is 10.2. The van der Waals surface area contributed by atoms with Gasteiger partial charge in [0.15, 0.2) is 0 Å². The molecule has 0 rings (SSSR count). The van der Waals surface area contributed by atoms with Crippen LogP contribution in [0.2, 0.25) is 0 Å². The Bertz CT molecular complexity index is 369. The van der Waals surface area contributed by atoms with E-state index in [-0.39, 0.29) is 24.5 Å². The van der Waals surface area contributed by atoms with Crippen LogP contribution in [0.5, 0.6) is 0 Å². The number of amides is 1. The summed E-state index contributed by atoms with van der Waals surface area (Å²) in [5, 5.41) is 25.7. The summed E-state index contributed by atoms with van der Waals surface area (Å²) in [6, 6.07) is 3.91. The van der Waals surface area contributed by atoms with Crippen molar-refractivity contribution in [1.29, 1.82) is 10.5 Å². The zero-order valence-electron chi connectivity index (χ0n) is 10.8. The summed E-state index contributed by atoms with van der Waals surface area (Å²) in [5.74, 6) is -0.997. The Hall–Kier alpha value is -1.73. The fourth-order valence-electron chi connectivity index (χ4n) is 1.22. The molecule has 0 bridgehead atoms. The molecule has 0 fully saturated rings. The van der Waals surface area contributed by atoms with Gasteiger partial charge in [0.1, 0.15) is 0 Å². The molecule has 1 amide bonds. The second kappa shape index (κ2) is 10.2. The van der Waals surface area contributed by atoms with Gasteiger partial charge in [0.2, 0.25) is 5.91 Å². The third-order valence-electron chi connectivity index (χ3n) is 2.35. The molecule has 104 valence electrons. The van der Waals surface area contributed by atoms with Crippen LogP contribution in [0.25, 0.3) is 0 Å². The van der Waals surface area contributed by atoms with E-state index in [1.54, 1.807) is 6.92 Å². The summed E-state index contributed by atoms with van der Waals surface area (Å²) < 4.78 is 0. The van der Waals surface area contributed by atoms with Crippen molar-refractivity contribution in [1.82, 2.24) is 4.90 Å². The van der Waals surface area contributed by atoms with Crippen molar-refractivity contribution in [2.24, 2.45) is 5.92 Å². The van der Waals surface area contributed by atoms with Gasteiger partial charge >= 0.3 is 5.97 Å². The Morgan fingerprint density at radius 3 is 2.21 bits per heavy atom. The van der Waals surface area contributed by atoms with Crippen molar-refractivity contribution in [2.45, 2.75) is 19.8 Å². The van der Waals surface area contributed by atoms with Crippen molar-refractivity contribution >= 4 is 23.6 Å². The van der Waals surface area contributed by atoms with Gasteiger partial charge in [0.05, 0.1) is 36.7 Å². The number of nitrogens with zero attached hydrogens (tertiary/aromatic N) is 3. The molecular weight excluding hydrogens is 266 g/mol. The summed E-state index contributed by atoms with van der Waals surface area (Å²) in [6.07, 6.45) is 0.459. The Kier molecular flexibility index (Phi) is 9.29. The highest BCUT2D eigenvalue weighted by atomic mass is 32.2. The van der Waals surface area contributed by atoms with Crippen LogP contribution in [-0.2, 0) is 9.59 Å². The molecule has 0 aromatic carbocycles. The van der Waals surface area contributed by atoms with Gasteiger partial charge in [0, 0.05) is 18.8 Å². The van der Waals surface area contributed by atoms with E-state index in [0.29, 0.717) is 18.8 Å². The monoisotopic (exact) mass is 283 g/mol. The molecule has 0 aromatic heterocycles. The molecule has 0 heterocycles. The first-order valence-corrected chi connectivity index (χ1v) is 7.00. The van der Waals surface area contributed by atoms with Crippen molar-refractivity contribution < 1.29 is 14.7 Å². The Balaban J connectivity index is 4.13. The molecule has 0 radical (unpaired) electrons. The van der Waals surface area contributed by atoms with Gasteiger partial charge in [0.25, 0.3) is 0 Å². The third kappa shape index (κ3) is 8.06. The summed E-state index contributed by atoms with van der Waals surface area (Å²) >= 11 is 1.26. The maximum Gasteiger partial charge on any atom is 0.307 e. The van der Waals surface area contributed by atoms with Gasteiger partial charge in [-0.1, -0.05) is 6.92 Å². The fraction of sp³-hybridized carbons (Fsp3) is 0.667. The Labute approximate surface area is 117 Å². The minimum absolute atomic E-state index is 0.159. The van der Waals surface area contributed by atoms with E-state index < -0.39 is 11.9 Å². The van der Waals surface area contributed by atoms with Crippen LogP contribution < -0.4 is 0 Å². The Morgan fingerprint density at radius 1 is 1.26 bits per heavy atom. The third-order valence-corrected chi connectivity index (χ3v) is 3.54. The van der Waals surface area contributed by atoms with E-state index in [4.69, 9.17) is 15.6 Å². The average Bonchev–Trinajstić information content (AvgIpc) is 2.38. The standard InChI is InChI=1S/C12H17N3O3S/c1-10(12(17)18)8-19-9-11(16)15(6-2-4-13)7-3-5-14/h10H,2-3,6-9H2,1H3,(H,17,18). The number of carboxylic acid groups (broad SMARTS) is 1. The highest BCUT2D eigenvalue weighted by Crippen LogP contribution is 2.10. The maximum absolute atomic E-state index is 11.8. The summed E-state index contributed by atoms with van der Waals surface area (Å²) in [7, 11) is 0. The number of rotatable bonds is 9. The smallest absolute Gasteiger partial charge is 0.307 e.